The summed E-state index contributed by atoms with van der Waals surface area (Å²) < 4.78 is 34.4. The summed E-state index contributed by atoms with van der Waals surface area (Å²) in [5, 5.41) is 3.33. The Balaban J connectivity index is 2.05. The minimum absolute atomic E-state index is 0.00153. The Morgan fingerprint density at radius 3 is 2.34 bits per heavy atom. The van der Waals surface area contributed by atoms with E-state index in [1.807, 2.05) is 26.0 Å². The number of para-hydroxylation sites is 1. The zero-order chi connectivity index (χ0) is 30.0. The zero-order valence-corrected chi connectivity index (χ0v) is 25.5. The molecule has 0 aliphatic heterocycles. The van der Waals surface area contributed by atoms with Gasteiger partial charge in [0.05, 0.1) is 17.7 Å². The van der Waals surface area contributed by atoms with E-state index in [0.717, 1.165) is 22.7 Å². The Labute approximate surface area is 248 Å². The molecule has 3 aromatic rings. The molecule has 41 heavy (non-hydrogen) atoms. The molecule has 8 nitrogen and oxygen atoms in total. The number of unbranched alkanes of at least 4 members (excludes halogenated alkanes) is 1. The van der Waals surface area contributed by atoms with Crippen LogP contribution >= 0.6 is 11.6 Å². The number of anilines is 1. The van der Waals surface area contributed by atoms with E-state index in [1.54, 1.807) is 50.4 Å². The standard InChI is InChI=1S/C31H38ClN3O5S/c1-5-7-19-33-31(37)28(6-2)34(21-24-12-10-13-26(20-24)40-4)30(36)22-35(29-14-9-8-11-23(29)3)41(38,39)27-17-15-25(32)16-18-27/h8-18,20,28H,5-7,19,21-22H2,1-4H3,(H,33,37). The summed E-state index contributed by atoms with van der Waals surface area (Å²) in [7, 11) is -2.61. The van der Waals surface area contributed by atoms with Gasteiger partial charge in [-0.2, -0.15) is 0 Å². The van der Waals surface area contributed by atoms with Crippen LogP contribution in [0.15, 0.2) is 77.7 Å². The molecule has 0 heterocycles. The topological polar surface area (TPSA) is 96.0 Å². The van der Waals surface area contributed by atoms with Crippen molar-refractivity contribution >= 4 is 39.1 Å². The van der Waals surface area contributed by atoms with Crippen LogP contribution in [0.3, 0.4) is 0 Å². The SMILES string of the molecule is CCCCNC(=O)C(CC)N(Cc1cccc(OC)c1)C(=O)CN(c1ccccc1C)S(=O)(=O)c1ccc(Cl)cc1. The summed E-state index contributed by atoms with van der Waals surface area (Å²) >= 11 is 6.02. The van der Waals surface area contributed by atoms with Crippen molar-refractivity contribution in [2.75, 3.05) is 24.5 Å². The number of nitrogens with one attached hydrogen (secondary N) is 1. The van der Waals surface area contributed by atoms with Crippen LogP contribution in [0.4, 0.5) is 5.69 Å². The molecule has 0 aliphatic rings. The van der Waals surface area contributed by atoms with Crippen molar-refractivity contribution in [2.24, 2.45) is 0 Å². The Hall–Kier alpha value is -3.56. The lowest BCUT2D eigenvalue weighted by Crippen LogP contribution is -2.52. The number of amides is 2. The summed E-state index contributed by atoms with van der Waals surface area (Å²) in [4.78, 5) is 28.9. The monoisotopic (exact) mass is 599 g/mol. The summed E-state index contributed by atoms with van der Waals surface area (Å²) in [6, 6.07) is 19.2. The molecule has 3 rings (SSSR count). The van der Waals surface area contributed by atoms with Crippen LogP contribution in [0.1, 0.15) is 44.2 Å². The van der Waals surface area contributed by atoms with Crippen LogP contribution in [0.5, 0.6) is 5.75 Å². The van der Waals surface area contributed by atoms with Crippen molar-refractivity contribution in [1.29, 1.82) is 0 Å². The van der Waals surface area contributed by atoms with Crippen molar-refractivity contribution in [3.63, 3.8) is 0 Å². The molecular formula is C31H38ClN3O5S. The number of hydrogen-bond acceptors (Lipinski definition) is 5. The maximum atomic E-state index is 14.2. The normalized spacial score (nSPS) is 11.9. The van der Waals surface area contributed by atoms with Crippen molar-refractivity contribution in [3.8, 4) is 5.75 Å². The molecule has 0 spiro atoms. The highest BCUT2D eigenvalue weighted by Gasteiger charge is 2.34. The number of nitrogens with zero attached hydrogens (tertiary/aromatic N) is 2. The van der Waals surface area contributed by atoms with E-state index in [2.05, 4.69) is 5.32 Å². The van der Waals surface area contributed by atoms with Crippen LogP contribution < -0.4 is 14.4 Å². The molecule has 0 aromatic heterocycles. The number of carbonyl (C=O) groups excluding carboxylic acids is 2. The second-order valence-corrected chi connectivity index (χ2v) is 12.0. The van der Waals surface area contributed by atoms with Gasteiger partial charge in [0.15, 0.2) is 0 Å². The molecule has 1 N–H and O–H groups in total. The van der Waals surface area contributed by atoms with Gasteiger partial charge in [0.25, 0.3) is 10.0 Å². The van der Waals surface area contributed by atoms with Gasteiger partial charge in [-0.05, 0) is 73.4 Å². The first kappa shape index (κ1) is 32.0. The molecular weight excluding hydrogens is 562 g/mol. The van der Waals surface area contributed by atoms with Gasteiger partial charge in [-0.1, -0.05) is 62.2 Å². The first-order chi connectivity index (χ1) is 19.6. The second-order valence-electron chi connectivity index (χ2n) is 9.69. The third kappa shape index (κ3) is 8.24. The Morgan fingerprint density at radius 2 is 1.71 bits per heavy atom. The number of carbonyl (C=O) groups is 2. The predicted octanol–water partition coefficient (Wildman–Crippen LogP) is 5.58. The van der Waals surface area contributed by atoms with E-state index in [1.165, 1.54) is 29.2 Å². The van der Waals surface area contributed by atoms with Gasteiger partial charge in [0, 0.05) is 18.1 Å². The van der Waals surface area contributed by atoms with Gasteiger partial charge in [-0.15, -0.1) is 0 Å². The fraction of sp³-hybridized carbons (Fsp3) is 0.355. The lowest BCUT2D eigenvalue weighted by Gasteiger charge is -2.33. The molecule has 0 saturated carbocycles. The van der Waals surface area contributed by atoms with Crippen LogP contribution in [0.2, 0.25) is 5.02 Å². The maximum absolute atomic E-state index is 14.2. The first-order valence-electron chi connectivity index (χ1n) is 13.7. The molecule has 2 amide bonds. The number of hydrogen-bond donors (Lipinski definition) is 1. The van der Waals surface area contributed by atoms with Gasteiger partial charge >= 0.3 is 0 Å². The number of halogens is 1. The zero-order valence-electron chi connectivity index (χ0n) is 24.0. The Morgan fingerprint density at radius 1 is 1.00 bits per heavy atom. The number of benzene rings is 3. The molecule has 1 atom stereocenters. The van der Waals surface area contributed by atoms with Crippen LogP contribution in [0, 0.1) is 6.92 Å². The minimum Gasteiger partial charge on any atom is -0.497 e. The summed E-state index contributed by atoms with van der Waals surface area (Å²) in [6.07, 6.45) is 2.08. The van der Waals surface area contributed by atoms with E-state index in [-0.39, 0.29) is 17.3 Å². The highest BCUT2D eigenvalue weighted by molar-refractivity contribution is 7.92. The van der Waals surface area contributed by atoms with Gasteiger partial charge in [0.1, 0.15) is 18.3 Å². The molecule has 0 bridgehead atoms. The van der Waals surface area contributed by atoms with Crippen molar-refractivity contribution in [1.82, 2.24) is 10.2 Å². The smallest absolute Gasteiger partial charge is 0.264 e. The van der Waals surface area contributed by atoms with Crippen molar-refractivity contribution < 1.29 is 22.7 Å². The fourth-order valence-electron chi connectivity index (χ4n) is 4.48. The molecule has 3 aromatic carbocycles. The van der Waals surface area contributed by atoms with E-state index < -0.39 is 28.5 Å². The lowest BCUT2D eigenvalue weighted by atomic mass is 10.1. The highest BCUT2D eigenvalue weighted by atomic mass is 35.5. The van der Waals surface area contributed by atoms with Crippen molar-refractivity contribution in [3.05, 3.63) is 88.9 Å². The van der Waals surface area contributed by atoms with Gasteiger partial charge < -0.3 is 15.0 Å². The minimum atomic E-state index is -4.17. The Bertz CT molecular complexity index is 1430. The molecule has 1 unspecified atom stereocenters. The fourth-order valence-corrected chi connectivity index (χ4v) is 6.09. The number of sulfonamides is 1. The van der Waals surface area contributed by atoms with E-state index >= 15 is 0 Å². The molecule has 220 valence electrons. The first-order valence-corrected chi connectivity index (χ1v) is 15.5. The number of methoxy groups -OCH3 is 1. The van der Waals surface area contributed by atoms with E-state index in [0.29, 0.717) is 35.0 Å². The third-order valence-electron chi connectivity index (χ3n) is 6.77. The average Bonchev–Trinajstić information content (AvgIpc) is 2.96. The van der Waals surface area contributed by atoms with Gasteiger partial charge in [0.2, 0.25) is 11.8 Å². The van der Waals surface area contributed by atoms with Crippen LogP contribution in [-0.2, 0) is 26.2 Å². The Kier molecular flexibility index (Phi) is 11.6. The summed E-state index contributed by atoms with van der Waals surface area (Å²) in [5.74, 6) is -0.173. The lowest BCUT2D eigenvalue weighted by molar-refractivity contribution is -0.140. The molecule has 10 heteroatoms. The van der Waals surface area contributed by atoms with Crippen LogP contribution in [0.25, 0.3) is 0 Å². The molecule has 0 saturated heterocycles. The van der Waals surface area contributed by atoms with E-state index in [4.69, 9.17) is 16.3 Å². The number of rotatable bonds is 14. The van der Waals surface area contributed by atoms with Crippen molar-refractivity contribution in [2.45, 2.75) is 57.5 Å². The highest BCUT2D eigenvalue weighted by Crippen LogP contribution is 2.28. The summed E-state index contributed by atoms with van der Waals surface area (Å²) in [6.45, 7) is 5.74. The largest absolute Gasteiger partial charge is 0.497 e. The number of aryl methyl sites for hydroxylation is 1. The quantitative estimate of drug-likeness (QED) is 0.244. The predicted molar refractivity (Wildman–Crippen MR) is 163 cm³/mol. The molecule has 0 fully saturated rings. The third-order valence-corrected chi connectivity index (χ3v) is 8.79. The molecule has 0 radical (unpaired) electrons. The van der Waals surface area contributed by atoms with Crippen LogP contribution in [-0.4, -0.2) is 51.4 Å². The van der Waals surface area contributed by atoms with E-state index in [9.17, 15) is 18.0 Å². The summed E-state index contributed by atoms with van der Waals surface area (Å²) in [5.41, 5.74) is 1.81. The maximum Gasteiger partial charge on any atom is 0.264 e. The van der Waals surface area contributed by atoms with Gasteiger partial charge in [-0.3, -0.25) is 13.9 Å². The second kappa shape index (κ2) is 14.9. The number of ether oxygens (including phenoxy) is 1. The molecule has 0 aliphatic carbocycles. The van der Waals surface area contributed by atoms with Gasteiger partial charge in [-0.25, -0.2) is 8.42 Å². The average molecular weight is 600 g/mol.